The molecule has 1 fully saturated rings. The summed E-state index contributed by atoms with van der Waals surface area (Å²) in [6.07, 6.45) is 2.32. The highest BCUT2D eigenvalue weighted by Gasteiger charge is 2.32. The van der Waals surface area contributed by atoms with Gasteiger partial charge in [0, 0.05) is 24.2 Å². The van der Waals surface area contributed by atoms with Gasteiger partial charge >= 0.3 is 0 Å². The first-order chi connectivity index (χ1) is 10.1. The molecule has 21 heavy (non-hydrogen) atoms. The highest BCUT2D eigenvalue weighted by Crippen LogP contribution is 2.29. The number of para-hydroxylation sites is 1. The molecular formula is C17H26N2O2. The fraction of sp³-hybridized carbons (Fsp3) is 0.588. The van der Waals surface area contributed by atoms with E-state index in [1.807, 2.05) is 30.1 Å². The molecule has 0 saturated heterocycles. The van der Waals surface area contributed by atoms with Crippen molar-refractivity contribution in [1.82, 2.24) is 9.80 Å². The van der Waals surface area contributed by atoms with Crippen LogP contribution in [0.4, 0.5) is 0 Å². The molecule has 0 bridgehead atoms. The second-order valence-electron chi connectivity index (χ2n) is 5.74. The van der Waals surface area contributed by atoms with Crippen LogP contribution in [0.15, 0.2) is 24.3 Å². The molecule has 1 aromatic carbocycles. The van der Waals surface area contributed by atoms with Gasteiger partial charge in [0.05, 0.1) is 13.7 Å². The molecule has 116 valence electrons. The van der Waals surface area contributed by atoms with Gasteiger partial charge in [-0.3, -0.25) is 9.69 Å². The highest BCUT2D eigenvalue weighted by atomic mass is 16.5. The van der Waals surface area contributed by atoms with Gasteiger partial charge in [-0.2, -0.15) is 0 Å². The molecule has 0 N–H and O–H groups in total. The normalized spacial score (nSPS) is 15.9. The van der Waals surface area contributed by atoms with E-state index in [4.69, 9.17) is 4.74 Å². The Morgan fingerprint density at radius 3 is 2.62 bits per heavy atom. The molecule has 1 saturated carbocycles. The van der Waals surface area contributed by atoms with Gasteiger partial charge in [0.25, 0.3) is 0 Å². The van der Waals surface area contributed by atoms with Crippen molar-refractivity contribution in [3.8, 4) is 5.75 Å². The third-order valence-electron chi connectivity index (χ3n) is 4.28. The first kappa shape index (κ1) is 15.8. The van der Waals surface area contributed by atoms with Crippen LogP contribution in [0.2, 0.25) is 0 Å². The standard InChI is InChI=1S/C17H26N2O2/c1-5-19(14-10-11-14)17(20)12-18(3)13(2)15-8-6-7-9-16(15)21-4/h6-9,13-14H,5,10-12H2,1-4H3. The summed E-state index contributed by atoms with van der Waals surface area (Å²) in [5.74, 6) is 1.10. The van der Waals surface area contributed by atoms with Crippen molar-refractivity contribution in [2.75, 3.05) is 27.2 Å². The maximum atomic E-state index is 12.4. The van der Waals surface area contributed by atoms with E-state index >= 15 is 0 Å². The SMILES string of the molecule is CCN(C(=O)CN(C)C(C)c1ccccc1OC)C1CC1. The van der Waals surface area contributed by atoms with E-state index in [2.05, 4.69) is 24.8 Å². The second kappa shape index (κ2) is 6.94. The average molecular weight is 290 g/mol. The van der Waals surface area contributed by atoms with Gasteiger partial charge in [0.15, 0.2) is 0 Å². The molecule has 1 aliphatic rings. The average Bonchev–Trinajstić information content (AvgIpc) is 3.31. The van der Waals surface area contributed by atoms with Crippen molar-refractivity contribution >= 4 is 5.91 Å². The monoisotopic (exact) mass is 290 g/mol. The molecule has 1 atom stereocenters. The number of benzene rings is 1. The van der Waals surface area contributed by atoms with E-state index < -0.39 is 0 Å². The highest BCUT2D eigenvalue weighted by molar-refractivity contribution is 5.79. The number of likely N-dealkylation sites (N-methyl/N-ethyl adjacent to an activating group) is 2. The lowest BCUT2D eigenvalue weighted by Gasteiger charge is -2.29. The van der Waals surface area contributed by atoms with Crippen LogP contribution in [0.25, 0.3) is 0 Å². The lowest BCUT2D eigenvalue weighted by atomic mass is 10.1. The molecular weight excluding hydrogens is 264 g/mol. The topological polar surface area (TPSA) is 32.8 Å². The van der Waals surface area contributed by atoms with E-state index in [1.54, 1.807) is 7.11 Å². The van der Waals surface area contributed by atoms with Crippen molar-refractivity contribution in [3.63, 3.8) is 0 Å². The van der Waals surface area contributed by atoms with Crippen LogP contribution in [0.3, 0.4) is 0 Å². The summed E-state index contributed by atoms with van der Waals surface area (Å²) < 4.78 is 5.42. The molecule has 1 amide bonds. The zero-order chi connectivity index (χ0) is 15.4. The predicted molar refractivity (Wildman–Crippen MR) is 84.4 cm³/mol. The van der Waals surface area contributed by atoms with Gasteiger partial charge < -0.3 is 9.64 Å². The van der Waals surface area contributed by atoms with E-state index in [0.29, 0.717) is 12.6 Å². The van der Waals surface area contributed by atoms with Gasteiger partial charge in [-0.1, -0.05) is 18.2 Å². The summed E-state index contributed by atoms with van der Waals surface area (Å²) in [6, 6.07) is 8.62. The molecule has 2 rings (SSSR count). The van der Waals surface area contributed by atoms with Crippen LogP contribution in [-0.2, 0) is 4.79 Å². The molecule has 4 heteroatoms. The van der Waals surface area contributed by atoms with E-state index in [1.165, 1.54) is 0 Å². The summed E-state index contributed by atoms with van der Waals surface area (Å²) in [5.41, 5.74) is 1.12. The van der Waals surface area contributed by atoms with Crippen molar-refractivity contribution < 1.29 is 9.53 Å². The minimum Gasteiger partial charge on any atom is -0.496 e. The fourth-order valence-electron chi connectivity index (χ4n) is 2.71. The van der Waals surface area contributed by atoms with Crippen LogP contribution >= 0.6 is 0 Å². The number of hydrogen-bond donors (Lipinski definition) is 0. The Bertz CT molecular complexity index is 485. The number of ether oxygens (including phenoxy) is 1. The number of carbonyl (C=O) groups excluding carboxylic acids is 1. The Morgan fingerprint density at radius 1 is 1.38 bits per heavy atom. The van der Waals surface area contributed by atoms with Crippen LogP contribution in [0, 0.1) is 0 Å². The second-order valence-corrected chi connectivity index (χ2v) is 5.74. The summed E-state index contributed by atoms with van der Waals surface area (Å²) >= 11 is 0. The molecule has 0 aliphatic heterocycles. The van der Waals surface area contributed by atoms with Gasteiger partial charge in [-0.25, -0.2) is 0 Å². The zero-order valence-corrected chi connectivity index (χ0v) is 13.5. The van der Waals surface area contributed by atoms with Crippen LogP contribution < -0.4 is 4.74 Å². The van der Waals surface area contributed by atoms with Gasteiger partial charge in [-0.05, 0) is 39.8 Å². The maximum absolute atomic E-state index is 12.4. The Labute approximate surface area is 127 Å². The van der Waals surface area contributed by atoms with Gasteiger partial charge in [0.1, 0.15) is 5.75 Å². The summed E-state index contributed by atoms with van der Waals surface area (Å²) in [6.45, 7) is 5.42. The Morgan fingerprint density at radius 2 is 2.05 bits per heavy atom. The lowest BCUT2D eigenvalue weighted by molar-refractivity contribution is -0.133. The van der Waals surface area contributed by atoms with Gasteiger partial charge in [-0.15, -0.1) is 0 Å². The molecule has 0 spiro atoms. The summed E-state index contributed by atoms with van der Waals surface area (Å²) in [4.78, 5) is 16.5. The van der Waals surface area contributed by atoms with Crippen molar-refractivity contribution in [2.24, 2.45) is 0 Å². The number of nitrogens with zero attached hydrogens (tertiary/aromatic N) is 2. The molecule has 1 aromatic rings. The predicted octanol–water partition coefficient (Wildman–Crippen LogP) is 2.70. The van der Waals surface area contributed by atoms with E-state index in [-0.39, 0.29) is 11.9 Å². The molecule has 0 radical (unpaired) electrons. The third kappa shape index (κ3) is 3.76. The number of amides is 1. The number of methoxy groups -OCH3 is 1. The molecule has 0 heterocycles. The first-order valence-corrected chi connectivity index (χ1v) is 7.71. The van der Waals surface area contributed by atoms with Crippen LogP contribution in [0.1, 0.15) is 38.3 Å². The smallest absolute Gasteiger partial charge is 0.236 e. The van der Waals surface area contributed by atoms with Crippen molar-refractivity contribution in [2.45, 2.75) is 38.8 Å². The summed E-state index contributed by atoms with van der Waals surface area (Å²) in [7, 11) is 3.68. The molecule has 4 nitrogen and oxygen atoms in total. The van der Waals surface area contributed by atoms with Crippen molar-refractivity contribution in [3.05, 3.63) is 29.8 Å². The Hall–Kier alpha value is -1.55. The van der Waals surface area contributed by atoms with Crippen LogP contribution in [-0.4, -0.2) is 49.0 Å². The lowest BCUT2D eigenvalue weighted by Crippen LogP contribution is -2.40. The number of rotatable bonds is 7. The van der Waals surface area contributed by atoms with E-state index in [0.717, 1.165) is 30.7 Å². The molecule has 1 aliphatic carbocycles. The third-order valence-corrected chi connectivity index (χ3v) is 4.28. The minimum absolute atomic E-state index is 0.142. The molecule has 0 aromatic heterocycles. The minimum atomic E-state index is 0.142. The fourth-order valence-corrected chi connectivity index (χ4v) is 2.71. The summed E-state index contributed by atoms with van der Waals surface area (Å²) in [5, 5.41) is 0. The van der Waals surface area contributed by atoms with E-state index in [9.17, 15) is 4.79 Å². The zero-order valence-electron chi connectivity index (χ0n) is 13.5. The van der Waals surface area contributed by atoms with Crippen LogP contribution in [0.5, 0.6) is 5.75 Å². The number of hydrogen-bond acceptors (Lipinski definition) is 3. The number of carbonyl (C=O) groups is 1. The largest absolute Gasteiger partial charge is 0.496 e. The van der Waals surface area contributed by atoms with Gasteiger partial charge in [0.2, 0.25) is 5.91 Å². The Kier molecular flexibility index (Phi) is 5.23. The first-order valence-electron chi connectivity index (χ1n) is 7.71. The quantitative estimate of drug-likeness (QED) is 0.774. The maximum Gasteiger partial charge on any atom is 0.236 e. The molecule has 1 unspecified atom stereocenters. The Balaban J connectivity index is 2.01. The van der Waals surface area contributed by atoms with Crippen molar-refractivity contribution in [1.29, 1.82) is 0 Å².